The summed E-state index contributed by atoms with van der Waals surface area (Å²) in [7, 11) is 1.57. The van der Waals surface area contributed by atoms with Gasteiger partial charge in [0, 0.05) is 13.5 Å². The number of likely N-dealkylation sites (N-methyl/N-ethyl adjacent to an activating group) is 1. The maximum absolute atomic E-state index is 11.9. The number of carboxylic acids is 1. The molecule has 4 nitrogen and oxygen atoms in total. The number of aliphatic carboxylic acids is 1. The molecule has 26 heavy (non-hydrogen) atoms. The lowest BCUT2D eigenvalue weighted by molar-refractivity contribution is -0.148. The molecular weight excluding hydrogens is 326 g/mol. The Hall–Kier alpha value is -1.32. The molecule has 152 valence electrons. The van der Waals surface area contributed by atoms with Crippen molar-refractivity contribution in [1.82, 2.24) is 4.90 Å². The Morgan fingerprint density at radius 2 is 1.31 bits per heavy atom. The molecule has 1 N–H and O–H groups in total. The molecule has 0 bridgehead atoms. The van der Waals surface area contributed by atoms with Gasteiger partial charge < -0.3 is 10.0 Å². The summed E-state index contributed by atoms with van der Waals surface area (Å²) >= 11 is 0. The Bertz CT molecular complexity index is 393. The predicted octanol–water partition coefficient (Wildman–Crippen LogP) is 5.96. The summed E-state index contributed by atoms with van der Waals surface area (Å²) in [6.45, 7) is 3.80. The van der Waals surface area contributed by atoms with Crippen LogP contribution < -0.4 is 0 Å². The summed E-state index contributed by atoms with van der Waals surface area (Å²) in [5.74, 6) is -1.03. The number of unbranched alkanes of at least 4 members (excludes halogenated alkanes) is 11. The topological polar surface area (TPSA) is 57.6 Å². The smallest absolute Gasteiger partial charge is 0.326 e. The van der Waals surface area contributed by atoms with Gasteiger partial charge in [-0.2, -0.15) is 0 Å². The van der Waals surface area contributed by atoms with Gasteiger partial charge in [-0.15, -0.1) is 0 Å². The highest BCUT2D eigenvalue weighted by Crippen LogP contribution is 2.11. The number of hydrogen-bond donors (Lipinski definition) is 1. The molecule has 0 saturated heterocycles. The molecular formula is C22H41NO3. The fourth-order valence-corrected chi connectivity index (χ4v) is 2.90. The molecule has 0 aromatic rings. The first-order valence-electron chi connectivity index (χ1n) is 10.6. The Balaban J connectivity index is 3.42. The summed E-state index contributed by atoms with van der Waals surface area (Å²) in [6, 6.07) is -0.745. The van der Waals surface area contributed by atoms with Crippen LogP contribution in [0, 0.1) is 0 Å². The van der Waals surface area contributed by atoms with Crippen molar-refractivity contribution in [3.05, 3.63) is 12.2 Å². The van der Waals surface area contributed by atoms with E-state index in [-0.39, 0.29) is 5.91 Å². The summed E-state index contributed by atoms with van der Waals surface area (Å²) < 4.78 is 0. The fourth-order valence-electron chi connectivity index (χ4n) is 2.90. The quantitative estimate of drug-likeness (QED) is 0.255. The molecule has 0 radical (unpaired) electrons. The number of carboxylic acid groups (broad SMARTS) is 1. The average molecular weight is 368 g/mol. The average Bonchev–Trinajstić information content (AvgIpc) is 2.63. The van der Waals surface area contributed by atoms with Crippen LogP contribution in [0.15, 0.2) is 12.2 Å². The molecule has 0 fully saturated rings. The number of allylic oxidation sites excluding steroid dienone is 2. The van der Waals surface area contributed by atoms with E-state index in [9.17, 15) is 9.59 Å². The monoisotopic (exact) mass is 367 g/mol. The fraction of sp³-hybridized carbons (Fsp3) is 0.818. The van der Waals surface area contributed by atoms with Crippen LogP contribution in [0.5, 0.6) is 0 Å². The third kappa shape index (κ3) is 13.9. The third-order valence-corrected chi connectivity index (χ3v) is 4.98. The second-order valence-electron chi connectivity index (χ2n) is 7.35. The van der Waals surface area contributed by atoms with E-state index in [0.29, 0.717) is 6.42 Å². The lowest BCUT2D eigenvalue weighted by Crippen LogP contribution is -2.40. The van der Waals surface area contributed by atoms with Gasteiger partial charge in [-0.25, -0.2) is 4.79 Å². The molecule has 0 spiro atoms. The van der Waals surface area contributed by atoms with Crippen LogP contribution in [0.25, 0.3) is 0 Å². The van der Waals surface area contributed by atoms with E-state index in [4.69, 9.17) is 5.11 Å². The second-order valence-corrected chi connectivity index (χ2v) is 7.35. The highest BCUT2D eigenvalue weighted by Gasteiger charge is 2.20. The molecule has 0 aromatic heterocycles. The van der Waals surface area contributed by atoms with Crippen LogP contribution in [0.4, 0.5) is 0 Å². The normalized spacial score (nSPS) is 12.4. The van der Waals surface area contributed by atoms with Crippen molar-refractivity contribution in [3.8, 4) is 0 Å². The highest BCUT2D eigenvalue weighted by atomic mass is 16.4. The number of carbonyl (C=O) groups is 2. The molecule has 0 aliphatic heterocycles. The molecule has 0 rings (SSSR count). The molecule has 0 heterocycles. The van der Waals surface area contributed by atoms with Crippen LogP contribution >= 0.6 is 0 Å². The van der Waals surface area contributed by atoms with Crippen LogP contribution in [-0.2, 0) is 9.59 Å². The predicted molar refractivity (Wildman–Crippen MR) is 109 cm³/mol. The third-order valence-electron chi connectivity index (χ3n) is 4.98. The van der Waals surface area contributed by atoms with E-state index >= 15 is 0 Å². The lowest BCUT2D eigenvalue weighted by atomic mass is 10.1. The second kappa shape index (κ2) is 17.1. The van der Waals surface area contributed by atoms with Gasteiger partial charge in [-0.05, 0) is 39.0 Å². The zero-order valence-corrected chi connectivity index (χ0v) is 17.3. The zero-order chi connectivity index (χ0) is 19.6. The maximum atomic E-state index is 11.9. The van der Waals surface area contributed by atoms with E-state index in [1.165, 1.54) is 62.7 Å². The first-order chi connectivity index (χ1) is 12.5. The van der Waals surface area contributed by atoms with Crippen molar-refractivity contribution in [2.45, 2.75) is 110 Å². The first kappa shape index (κ1) is 24.7. The van der Waals surface area contributed by atoms with Crippen molar-refractivity contribution in [2.24, 2.45) is 0 Å². The molecule has 0 aliphatic carbocycles. The summed E-state index contributed by atoms with van der Waals surface area (Å²) in [4.78, 5) is 24.1. The molecule has 1 atom stereocenters. The zero-order valence-electron chi connectivity index (χ0n) is 17.3. The van der Waals surface area contributed by atoms with E-state index in [2.05, 4.69) is 19.1 Å². The van der Waals surface area contributed by atoms with Gasteiger partial charge in [0.05, 0.1) is 0 Å². The van der Waals surface area contributed by atoms with Crippen molar-refractivity contribution in [2.75, 3.05) is 7.05 Å². The van der Waals surface area contributed by atoms with Crippen molar-refractivity contribution >= 4 is 11.9 Å². The van der Waals surface area contributed by atoms with Gasteiger partial charge in [0.1, 0.15) is 6.04 Å². The van der Waals surface area contributed by atoms with Crippen LogP contribution in [0.1, 0.15) is 104 Å². The van der Waals surface area contributed by atoms with Crippen molar-refractivity contribution in [3.63, 3.8) is 0 Å². The Kier molecular flexibility index (Phi) is 16.2. The van der Waals surface area contributed by atoms with E-state index in [0.717, 1.165) is 25.7 Å². The molecule has 0 aromatic carbocycles. The van der Waals surface area contributed by atoms with Gasteiger partial charge in [-0.3, -0.25) is 4.79 Å². The molecule has 0 aliphatic rings. The van der Waals surface area contributed by atoms with E-state index in [1.54, 1.807) is 14.0 Å². The van der Waals surface area contributed by atoms with Crippen molar-refractivity contribution < 1.29 is 14.7 Å². The number of amides is 1. The SMILES string of the molecule is CCCCCCCC/C=C\CCCCCCCC(=O)N(C)C(C)C(=O)O. The minimum absolute atomic E-state index is 0.0717. The van der Waals surface area contributed by atoms with E-state index in [1.807, 2.05) is 0 Å². The van der Waals surface area contributed by atoms with Crippen LogP contribution in [-0.4, -0.2) is 35.0 Å². The first-order valence-corrected chi connectivity index (χ1v) is 10.6. The number of nitrogens with zero attached hydrogens (tertiary/aromatic N) is 1. The Labute approximate surface area is 161 Å². The number of rotatable bonds is 17. The largest absolute Gasteiger partial charge is 0.480 e. The minimum atomic E-state index is -0.953. The van der Waals surface area contributed by atoms with Crippen LogP contribution in [0.3, 0.4) is 0 Å². The number of carbonyl (C=O) groups excluding carboxylic acids is 1. The molecule has 1 unspecified atom stereocenters. The van der Waals surface area contributed by atoms with Gasteiger partial charge in [0.25, 0.3) is 0 Å². The van der Waals surface area contributed by atoms with Gasteiger partial charge in [0.15, 0.2) is 0 Å². The summed E-state index contributed by atoms with van der Waals surface area (Å²) in [6.07, 6.45) is 21.1. The lowest BCUT2D eigenvalue weighted by Gasteiger charge is -2.21. The Morgan fingerprint density at radius 1 is 0.846 bits per heavy atom. The minimum Gasteiger partial charge on any atom is -0.480 e. The summed E-state index contributed by atoms with van der Waals surface area (Å²) in [5, 5.41) is 8.91. The molecule has 0 saturated carbocycles. The van der Waals surface area contributed by atoms with Gasteiger partial charge in [-0.1, -0.05) is 70.4 Å². The summed E-state index contributed by atoms with van der Waals surface area (Å²) in [5.41, 5.74) is 0. The number of hydrogen-bond acceptors (Lipinski definition) is 2. The highest BCUT2D eigenvalue weighted by molar-refractivity contribution is 5.83. The van der Waals surface area contributed by atoms with Gasteiger partial charge >= 0.3 is 5.97 Å². The van der Waals surface area contributed by atoms with Crippen molar-refractivity contribution in [1.29, 1.82) is 0 Å². The van der Waals surface area contributed by atoms with Crippen LogP contribution in [0.2, 0.25) is 0 Å². The standard InChI is InChI=1S/C22H41NO3/c1-4-5-6-7-8-9-10-11-12-13-14-15-16-17-18-19-21(24)23(3)20(2)22(25)26/h11-12,20H,4-10,13-19H2,1-3H3,(H,25,26)/b12-11-. The molecule has 4 heteroatoms. The van der Waals surface area contributed by atoms with E-state index < -0.39 is 12.0 Å². The molecule has 1 amide bonds. The Morgan fingerprint density at radius 3 is 1.81 bits per heavy atom. The maximum Gasteiger partial charge on any atom is 0.326 e. The van der Waals surface area contributed by atoms with Gasteiger partial charge in [0.2, 0.25) is 5.91 Å².